The minimum absolute atomic E-state index is 0.0705. The lowest BCUT2D eigenvalue weighted by molar-refractivity contribution is 0.0794. The molecule has 5 rings (SSSR count). The van der Waals surface area contributed by atoms with Crippen molar-refractivity contribution >= 4 is 77.7 Å². The Morgan fingerprint density at radius 2 is 2.20 bits per heavy atom. The van der Waals surface area contributed by atoms with Gasteiger partial charge in [0.1, 0.15) is 15.6 Å². The Hall–Kier alpha value is -1.92. The van der Waals surface area contributed by atoms with Crippen molar-refractivity contribution in [3.05, 3.63) is 51.5 Å². The topological polar surface area (TPSA) is 69.6 Å². The lowest BCUT2D eigenvalue weighted by atomic mass is 10.1. The Morgan fingerprint density at radius 1 is 1.33 bits per heavy atom. The SMILES string of the molecule is CNC1=NC2CN(C(=O)c3c(Nc4ccc(I)cc4F)sc4ncccc34)CC2S1. The zero-order valence-electron chi connectivity index (χ0n) is 15.9. The maximum atomic E-state index is 14.5. The van der Waals surface area contributed by atoms with E-state index in [9.17, 15) is 9.18 Å². The molecule has 2 atom stereocenters. The maximum absolute atomic E-state index is 14.5. The van der Waals surface area contributed by atoms with E-state index >= 15 is 0 Å². The molecule has 4 heterocycles. The number of hydrogen-bond donors (Lipinski definition) is 2. The number of thiophene rings is 1. The van der Waals surface area contributed by atoms with Crippen LogP contribution in [0, 0.1) is 9.39 Å². The third kappa shape index (κ3) is 3.54. The first kappa shape index (κ1) is 20.0. The summed E-state index contributed by atoms with van der Waals surface area (Å²) in [6.07, 6.45) is 1.70. The molecule has 0 spiro atoms. The number of aromatic nitrogens is 1. The Morgan fingerprint density at radius 3 is 2.97 bits per heavy atom. The molecule has 2 aromatic heterocycles. The highest BCUT2D eigenvalue weighted by atomic mass is 127. The van der Waals surface area contributed by atoms with Crippen molar-refractivity contribution in [2.24, 2.45) is 4.99 Å². The number of anilines is 2. The molecule has 0 saturated carbocycles. The summed E-state index contributed by atoms with van der Waals surface area (Å²) in [6, 6.07) is 8.80. The highest BCUT2D eigenvalue weighted by molar-refractivity contribution is 14.1. The van der Waals surface area contributed by atoms with Crippen molar-refractivity contribution in [1.82, 2.24) is 15.2 Å². The number of nitrogens with zero attached hydrogens (tertiary/aromatic N) is 3. The number of benzene rings is 1. The monoisotopic (exact) mass is 553 g/mol. The van der Waals surface area contributed by atoms with Crippen molar-refractivity contribution in [2.45, 2.75) is 11.3 Å². The summed E-state index contributed by atoms with van der Waals surface area (Å²) in [4.78, 5) is 25.2. The summed E-state index contributed by atoms with van der Waals surface area (Å²) in [7, 11) is 1.86. The van der Waals surface area contributed by atoms with Crippen molar-refractivity contribution in [3.8, 4) is 0 Å². The van der Waals surface area contributed by atoms with Crippen LogP contribution < -0.4 is 10.6 Å². The zero-order valence-corrected chi connectivity index (χ0v) is 19.6. The second-order valence-corrected chi connectivity index (χ2v) is 10.5. The second kappa shape index (κ2) is 7.97. The average Bonchev–Trinajstić information content (AvgIpc) is 3.40. The number of nitrogens with one attached hydrogen (secondary N) is 2. The van der Waals surface area contributed by atoms with E-state index in [0.717, 1.165) is 19.0 Å². The summed E-state index contributed by atoms with van der Waals surface area (Å²) in [5.41, 5.74) is 0.886. The van der Waals surface area contributed by atoms with Crippen molar-refractivity contribution in [1.29, 1.82) is 0 Å². The standard InChI is InChI=1S/C20H17FIN5OS2/c1-23-20-26-14-8-27(9-15(14)29-20)19(28)16-11-3-2-6-24-17(11)30-18(16)25-13-5-4-10(22)7-12(13)21/h2-7,14-15,25H,8-9H2,1H3,(H,23,26). The van der Waals surface area contributed by atoms with E-state index in [1.807, 2.05) is 30.1 Å². The first-order chi connectivity index (χ1) is 14.5. The Balaban J connectivity index is 1.50. The number of carbonyl (C=O) groups excluding carboxylic acids is 1. The molecule has 3 aromatic rings. The molecule has 1 saturated heterocycles. The van der Waals surface area contributed by atoms with E-state index in [0.29, 0.717) is 29.3 Å². The molecule has 2 aliphatic heterocycles. The first-order valence-electron chi connectivity index (χ1n) is 9.34. The molecule has 6 nitrogen and oxygen atoms in total. The van der Waals surface area contributed by atoms with E-state index < -0.39 is 0 Å². The van der Waals surface area contributed by atoms with Crippen LogP contribution in [0.2, 0.25) is 0 Å². The summed E-state index contributed by atoms with van der Waals surface area (Å²) in [6.45, 7) is 1.22. The largest absolute Gasteiger partial charge is 0.368 e. The molecule has 30 heavy (non-hydrogen) atoms. The zero-order chi connectivity index (χ0) is 20.8. The number of rotatable bonds is 3. The van der Waals surface area contributed by atoms with E-state index in [-0.39, 0.29) is 23.0 Å². The van der Waals surface area contributed by atoms with Gasteiger partial charge in [0.25, 0.3) is 5.91 Å². The number of amides is 1. The third-order valence-electron chi connectivity index (χ3n) is 5.14. The van der Waals surface area contributed by atoms with Crippen LogP contribution in [0.3, 0.4) is 0 Å². The van der Waals surface area contributed by atoms with Crippen LogP contribution in [-0.2, 0) is 0 Å². The first-order valence-corrected chi connectivity index (χ1v) is 12.1. The third-order valence-corrected chi connectivity index (χ3v) is 8.14. The quantitative estimate of drug-likeness (QED) is 0.474. The second-order valence-electron chi connectivity index (χ2n) is 7.03. The number of hydrogen-bond acceptors (Lipinski definition) is 7. The molecule has 10 heteroatoms. The summed E-state index contributed by atoms with van der Waals surface area (Å²) in [5.74, 6) is -0.425. The molecule has 1 aromatic carbocycles. The fourth-order valence-corrected chi connectivity index (χ4v) is 6.37. The predicted molar refractivity (Wildman–Crippen MR) is 130 cm³/mol. The van der Waals surface area contributed by atoms with Crippen LogP contribution in [0.4, 0.5) is 15.1 Å². The molecule has 2 unspecified atom stereocenters. The molecule has 0 radical (unpaired) electrons. The van der Waals surface area contributed by atoms with Gasteiger partial charge in [0.05, 0.1) is 22.5 Å². The van der Waals surface area contributed by atoms with E-state index in [4.69, 9.17) is 0 Å². The van der Waals surface area contributed by atoms with Crippen molar-refractivity contribution in [3.63, 3.8) is 0 Å². The molecule has 2 aliphatic rings. The summed E-state index contributed by atoms with van der Waals surface area (Å²) in [5, 5.41) is 8.82. The minimum Gasteiger partial charge on any atom is -0.368 e. The Kier molecular flexibility index (Phi) is 5.31. The minimum atomic E-state index is -0.355. The fraction of sp³-hybridized carbons (Fsp3) is 0.250. The molecule has 2 N–H and O–H groups in total. The van der Waals surface area contributed by atoms with Crippen molar-refractivity contribution < 1.29 is 9.18 Å². The number of aliphatic imine (C=N–C) groups is 1. The number of pyridine rings is 1. The Labute approximate surface area is 194 Å². The molecule has 0 aliphatic carbocycles. The molecule has 154 valence electrons. The number of fused-ring (bicyclic) bond motifs is 2. The van der Waals surface area contributed by atoms with Gasteiger partial charge in [-0.3, -0.25) is 9.79 Å². The van der Waals surface area contributed by atoms with Gasteiger partial charge in [-0.1, -0.05) is 23.1 Å². The van der Waals surface area contributed by atoms with Gasteiger partial charge in [0.2, 0.25) is 0 Å². The van der Waals surface area contributed by atoms with Gasteiger partial charge in [-0.25, -0.2) is 9.37 Å². The fourth-order valence-electron chi connectivity index (χ4n) is 3.71. The molecule has 0 bridgehead atoms. The lowest BCUT2D eigenvalue weighted by Crippen LogP contribution is -2.30. The average molecular weight is 553 g/mol. The molecular formula is C20H17FIN5OS2. The van der Waals surface area contributed by atoms with Crippen molar-refractivity contribution in [2.75, 3.05) is 25.5 Å². The van der Waals surface area contributed by atoms with E-state index in [1.54, 1.807) is 24.0 Å². The predicted octanol–water partition coefficient (Wildman–Crippen LogP) is 4.30. The van der Waals surface area contributed by atoms with Gasteiger partial charge in [0.15, 0.2) is 5.17 Å². The van der Waals surface area contributed by atoms with Crippen LogP contribution in [0.15, 0.2) is 41.5 Å². The van der Waals surface area contributed by atoms with Gasteiger partial charge in [0, 0.05) is 35.3 Å². The number of halogens is 2. The maximum Gasteiger partial charge on any atom is 0.257 e. The Bertz CT molecular complexity index is 1180. The van der Waals surface area contributed by atoms with E-state index in [1.165, 1.54) is 17.4 Å². The number of amidine groups is 1. The van der Waals surface area contributed by atoms with Crippen LogP contribution in [0.25, 0.3) is 10.2 Å². The van der Waals surface area contributed by atoms with Gasteiger partial charge in [-0.2, -0.15) is 0 Å². The summed E-state index contributed by atoms with van der Waals surface area (Å²) >= 11 is 5.12. The number of likely N-dealkylation sites (tertiary alicyclic amines) is 1. The highest BCUT2D eigenvalue weighted by Gasteiger charge is 2.41. The van der Waals surface area contributed by atoms with Gasteiger partial charge in [-0.15, -0.1) is 0 Å². The lowest BCUT2D eigenvalue weighted by Gasteiger charge is -2.18. The molecular weight excluding hydrogens is 536 g/mol. The molecule has 1 fully saturated rings. The smallest absolute Gasteiger partial charge is 0.257 e. The van der Waals surface area contributed by atoms with Crippen LogP contribution >= 0.6 is 45.7 Å². The van der Waals surface area contributed by atoms with Gasteiger partial charge < -0.3 is 15.5 Å². The van der Waals surface area contributed by atoms with Gasteiger partial charge in [-0.05, 0) is 52.9 Å². The normalized spacial score (nSPS) is 20.4. The molecule has 1 amide bonds. The highest BCUT2D eigenvalue weighted by Crippen LogP contribution is 2.39. The van der Waals surface area contributed by atoms with Crippen LogP contribution in [0.1, 0.15) is 10.4 Å². The number of carbonyl (C=O) groups is 1. The van der Waals surface area contributed by atoms with Crippen LogP contribution in [-0.4, -0.2) is 52.4 Å². The number of thioether (sulfide) groups is 1. The summed E-state index contributed by atoms with van der Waals surface area (Å²) < 4.78 is 15.3. The van der Waals surface area contributed by atoms with Gasteiger partial charge >= 0.3 is 0 Å². The van der Waals surface area contributed by atoms with E-state index in [2.05, 4.69) is 43.2 Å². The van der Waals surface area contributed by atoms with Crippen LogP contribution in [0.5, 0.6) is 0 Å².